The summed E-state index contributed by atoms with van der Waals surface area (Å²) in [5, 5.41) is 10.7. The summed E-state index contributed by atoms with van der Waals surface area (Å²) >= 11 is 1.49. The van der Waals surface area contributed by atoms with Gasteiger partial charge in [0.05, 0.1) is 18.8 Å². The summed E-state index contributed by atoms with van der Waals surface area (Å²) in [6.07, 6.45) is -0.0833. The molecule has 2 aliphatic heterocycles. The highest BCUT2D eigenvalue weighted by molar-refractivity contribution is 8.01. The molecule has 0 bridgehead atoms. The van der Waals surface area contributed by atoms with Gasteiger partial charge < -0.3 is 9.84 Å². The number of nitrogens with one attached hydrogen (secondary N) is 1. The molecule has 2 heterocycles. The molecule has 6 nitrogen and oxygen atoms in total. The molecule has 1 saturated heterocycles. The Morgan fingerprint density at radius 2 is 2.32 bits per heavy atom. The molecule has 118 valence electrons. The van der Waals surface area contributed by atoms with Gasteiger partial charge in [-0.05, 0) is 32.0 Å². The number of ether oxygens (including phenoxy) is 1. The average Bonchev–Trinajstić information content (AvgIpc) is 2.49. The number of aliphatic hydroxyl groups is 1. The predicted molar refractivity (Wildman–Crippen MR) is 85.5 cm³/mol. The molecule has 1 aromatic rings. The molecule has 1 aromatic carbocycles. The summed E-state index contributed by atoms with van der Waals surface area (Å²) < 4.78 is 5.23. The van der Waals surface area contributed by atoms with E-state index < -0.39 is 6.23 Å². The van der Waals surface area contributed by atoms with E-state index in [0.29, 0.717) is 6.42 Å². The quantitative estimate of drug-likeness (QED) is 0.829. The van der Waals surface area contributed by atoms with Crippen LogP contribution in [0.4, 0.5) is 5.69 Å². The third-order valence-electron chi connectivity index (χ3n) is 3.71. The molecule has 3 unspecified atom stereocenters. The van der Waals surface area contributed by atoms with Crippen LogP contribution in [0.3, 0.4) is 0 Å². The number of methoxy groups -OCH3 is 1. The average molecular weight is 321 g/mol. The highest BCUT2D eigenvalue weighted by atomic mass is 32.2. The number of thioether (sulfide) groups is 1. The molecule has 3 atom stereocenters. The van der Waals surface area contributed by atoms with Crippen LogP contribution >= 0.6 is 11.8 Å². The van der Waals surface area contributed by atoms with Crippen LogP contribution in [-0.4, -0.2) is 46.4 Å². The lowest BCUT2D eigenvalue weighted by molar-refractivity contribution is -0.139. The van der Waals surface area contributed by atoms with Crippen molar-refractivity contribution in [2.24, 2.45) is 4.99 Å². The van der Waals surface area contributed by atoms with Crippen molar-refractivity contribution in [3.63, 3.8) is 0 Å². The number of carbonyl (C=O) groups excluding carboxylic acids is 1. The van der Waals surface area contributed by atoms with E-state index in [2.05, 4.69) is 10.4 Å². The molecule has 3 rings (SSSR count). The summed E-state index contributed by atoms with van der Waals surface area (Å²) in [5.41, 5.74) is 4.58. The van der Waals surface area contributed by atoms with Crippen LogP contribution in [0.2, 0.25) is 0 Å². The van der Waals surface area contributed by atoms with Crippen LogP contribution in [0.5, 0.6) is 5.75 Å². The number of fused-ring (bicyclic) bond motifs is 2. The van der Waals surface area contributed by atoms with Crippen molar-refractivity contribution in [3.8, 4) is 5.75 Å². The Morgan fingerprint density at radius 1 is 1.55 bits per heavy atom. The van der Waals surface area contributed by atoms with Gasteiger partial charge in [0.15, 0.2) is 0 Å². The summed E-state index contributed by atoms with van der Waals surface area (Å²) in [7, 11) is 1.62. The minimum atomic E-state index is -0.772. The lowest BCUT2D eigenvalue weighted by atomic mass is 10.0. The number of carbonyl (C=O) groups is 1. The molecule has 0 radical (unpaired) electrons. The van der Waals surface area contributed by atoms with Gasteiger partial charge in [-0.1, -0.05) is 0 Å². The highest BCUT2D eigenvalue weighted by Gasteiger charge is 2.41. The molecule has 2 aliphatic rings. The van der Waals surface area contributed by atoms with Gasteiger partial charge in [0, 0.05) is 17.0 Å². The third kappa shape index (κ3) is 2.71. The van der Waals surface area contributed by atoms with Crippen molar-refractivity contribution < 1.29 is 14.6 Å². The largest absolute Gasteiger partial charge is 0.497 e. The van der Waals surface area contributed by atoms with E-state index in [-0.39, 0.29) is 17.2 Å². The monoisotopic (exact) mass is 321 g/mol. The van der Waals surface area contributed by atoms with Crippen molar-refractivity contribution in [2.45, 2.75) is 42.7 Å². The van der Waals surface area contributed by atoms with E-state index in [4.69, 9.17) is 4.74 Å². The fraction of sp³-hybridized carbons (Fsp3) is 0.467. The summed E-state index contributed by atoms with van der Waals surface area (Å²) in [4.78, 5) is 18.3. The molecule has 0 saturated carbocycles. The zero-order valence-electron chi connectivity index (χ0n) is 12.7. The molecule has 1 fully saturated rings. The molecular formula is C15H19N3O3S. The van der Waals surface area contributed by atoms with Gasteiger partial charge in [0.2, 0.25) is 0 Å². The molecule has 1 amide bonds. The Kier molecular flexibility index (Phi) is 4.12. The Morgan fingerprint density at radius 3 is 3.00 bits per heavy atom. The van der Waals surface area contributed by atoms with Crippen LogP contribution in [0.1, 0.15) is 20.3 Å². The SMILES string of the molecule is COc1ccc2c(c1)SC1C(=O)N(NC(C)O)C(C)CC1=N2. The van der Waals surface area contributed by atoms with E-state index in [1.54, 1.807) is 14.0 Å². The Balaban J connectivity index is 1.91. The van der Waals surface area contributed by atoms with E-state index in [1.807, 2.05) is 25.1 Å². The topological polar surface area (TPSA) is 74.2 Å². The van der Waals surface area contributed by atoms with Crippen LogP contribution in [0.25, 0.3) is 0 Å². The van der Waals surface area contributed by atoms with E-state index in [0.717, 1.165) is 22.0 Å². The first-order valence-corrected chi connectivity index (χ1v) is 8.07. The summed E-state index contributed by atoms with van der Waals surface area (Å²) in [5.74, 6) is 0.678. The van der Waals surface area contributed by atoms with Crippen molar-refractivity contribution >= 4 is 29.1 Å². The minimum absolute atomic E-state index is 0.0440. The fourth-order valence-electron chi connectivity index (χ4n) is 2.69. The summed E-state index contributed by atoms with van der Waals surface area (Å²) in [6.45, 7) is 3.54. The second-order valence-electron chi connectivity index (χ2n) is 5.50. The Bertz CT molecular complexity index is 632. The van der Waals surface area contributed by atoms with Gasteiger partial charge in [0.1, 0.15) is 17.2 Å². The standard InChI is InChI=1S/C15H19N3O3S/c1-8-6-12-14(15(20)18(8)17-9(2)19)22-13-7-10(21-3)4-5-11(13)16-12/h4-5,7-9,14,17,19H,6H2,1-3H3. The van der Waals surface area contributed by atoms with Crippen LogP contribution in [0.15, 0.2) is 28.1 Å². The van der Waals surface area contributed by atoms with E-state index >= 15 is 0 Å². The second-order valence-corrected chi connectivity index (χ2v) is 6.65. The Hall–Kier alpha value is -1.57. The van der Waals surface area contributed by atoms with Gasteiger partial charge in [-0.2, -0.15) is 0 Å². The van der Waals surface area contributed by atoms with Crippen LogP contribution in [0, 0.1) is 0 Å². The molecule has 0 aliphatic carbocycles. The van der Waals surface area contributed by atoms with Gasteiger partial charge in [-0.15, -0.1) is 11.8 Å². The maximum atomic E-state index is 12.7. The molecule has 0 aromatic heterocycles. The first kappa shape index (κ1) is 15.3. The number of piperidine rings is 1. The molecule has 0 spiro atoms. The van der Waals surface area contributed by atoms with E-state index in [9.17, 15) is 9.90 Å². The smallest absolute Gasteiger partial charge is 0.256 e. The van der Waals surface area contributed by atoms with Crippen LogP contribution in [-0.2, 0) is 4.79 Å². The number of rotatable bonds is 3. The van der Waals surface area contributed by atoms with Crippen molar-refractivity contribution in [3.05, 3.63) is 18.2 Å². The van der Waals surface area contributed by atoms with Crippen molar-refractivity contribution in [2.75, 3.05) is 7.11 Å². The third-order valence-corrected chi connectivity index (χ3v) is 5.00. The molecular weight excluding hydrogens is 302 g/mol. The first-order chi connectivity index (χ1) is 10.5. The maximum Gasteiger partial charge on any atom is 0.256 e. The number of aliphatic hydroxyl groups excluding tert-OH is 1. The number of aliphatic imine (C=N–C) groups is 1. The number of benzene rings is 1. The number of nitrogens with zero attached hydrogens (tertiary/aromatic N) is 2. The summed E-state index contributed by atoms with van der Waals surface area (Å²) in [6, 6.07) is 5.65. The van der Waals surface area contributed by atoms with Crippen molar-refractivity contribution in [1.29, 1.82) is 0 Å². The number of amides is 1. The van der Waals surface area contributed by atoms with Gasteiger partial charge in [-0.25, -0.2) is 5.43 Å². The van der Waals surface area contributed by atoms with Crippen molar-refractivity contribution in [1.82, 2.24) is 10.4 Å². The van der Waals surface area contributed by atoms with E-state index in [1.165, 1.54) is 16.8 Å². The predicted octanol–water partition coefficient (Wildman–Crippen LogP) is 1.71. The van der Waals surface area contributed by atoms with Gasteiger partial charge in [-0.3, -0.25) is 14.8 Å². The molecule has 22 heavy (non-hydrogen) atoms. The second kappa shape index (κ2) is 5.91. The zero-order valence-corrected chi connectivity index (χ0v) is 13.6. The van der Waals surface area contributed by atoms with Gasteiger partial charge in [0.25, 0.3) is 5.91 Å². The lowest BCUT2D eigenvalue weighted by Crippen LogP contribution is -2.60. The normalized spacial score (nSPS) is 25.2. The number of hydrazine groups is 1. The zero-order chi connectivity index (χ0) is 15.9. The minimum Gasteiger partial charge on any atom is -0.497 e. The van der Waals surface area contributed by atoms with Gasteiger partial charge >= 0.3 is 0 Å². The first-order valence-electron chi connectivity index (χ1n) is 7.19. The molecule has 7 heteroatoms. The highest BCUT2D eigenvalue weighted by Crippen LogP contribution is 2.42. The molecule has 2 N–H and O–H groups in total. The Labute approximate surface area is 133 Å². The lowest BCUT2D eigenvalue weighted by Gasteiger charge is -2.40. The maximum absolute atomic E-state index is 12.7. The number of hydrogen-bond donors (Lipinski definition) is 2. The van der Waals surface area contributed by atoms with Crippen LogP contribution < -0.4 is 10.2 Å². The fourth-order valence-corrected chi connectivity index (χ4v) is 3.86. The number of hydrogen-bond acceptors (Lipinski definition) is 6.